The molecular weight excluding hydrogens is 230 g/mol. The van der Waals surface area contributed by atoms with Crippen LogP contribution in [-0.2, 0) is 0 Å². The lowest BCUT2D eigenvalue weighted by Crippen LogP contribution is -2.18. The van der Waals surface area contributed by atoms with Crippen LogP contribution in [0.25, 0.3) is 6.08 Å². The van der Waals surface area contributed by atoms with E-state index in [4.69, 9.17) is 0 Å². The van der Waals surface area contributed by atoms with Crippen LogP contribution in [-0.4, -0.2) is 7.05 Å². The van der Waals surface area contributed by atoms with Gasteiger partial charge in [-0.15, -0.1) is 0 Å². The van der Waals surface area contributed by atoms with E-state index in [-0.39, 0.29) is 6.04 Å². The summed E-state index contributed by atoms with van der Waals surface area (Å²) in [5.74, 6) is 0. The topological polar surface area (TPSA) is 12.0 Å². The van der Waals surface area contributed by atoms with Gasteiger partial charge in [0.15, 0.2) is 0 Å². The molecule has 2 rings (SSSR count). The predicted molar refractivity (Wildman–Crippen MR) is 83.1 cm³/mol. The van der Waals surface area contributed by atoms with Crippen LogP contribution in [0.3, 0.4) is 0 Å². The summed E-state index contributed by atoms with van der Waals surface area (Å²) in [5, 5.41) is 3.41. The molecule has 0 heterocycles. The largest absolute Gasteiger partial charge is 0.310 e. The van der Waals surface area contributed by atoms with Crippen LogP contribution >= 0.6 is 0 Å². The van der Waals surface area contributed by atoms with Gasteiger partial charge in [-0.25, -0.2) is 0 Å². The molecule has 98 valence electrons. The monoisotopic (exact) mass is 251 g/mol. The van der Waals surface area contributed by atoms with E-state index in [0.29, 0.717) is 0 Å². The van der Waals surface area contributed by atoms with Crippen LogP contribution < -0.4 is 5.32 Å². The zero-order chi connectivity index (χ0) is 13.7. The zero-order valence-corrected chi connectivity index (χ0v) is 11.9. The van der Waals surface area contributed by atoms with Crippen molar-refractivity contribution in [3.05, 3.63) is 76.9 Å². The Labute approximate surface area is 116 Å². The molecule has 1 nitrogen and oxygen atoms in total. The van der Waals surface area contributed by atoms with E-state index < -0.39 is 0 Å². The maximum atomic E-state index is 3.41. The highest BCUT2D eigenvalue weighted by Crippen LogP contribution is 2.25. The first-order valence-electron chi connectivity index (χ1n) is 6.68. The Morgan fingerprint density at radius 2 is 1.63 bits per heavy atom. The van der Waals surface area contributed by atoms with Gasteiger partial charge in [0, 0.05) is 0 Å². The van der Waals surface area contributed by atoms with E-state index in [1.165, 1.54) is 22.3 Å². The van der Waals surface area contributed by atoms with Crippen LogP contribution in [0.15, 0.2) is 60.2 Å². The van der Waals surface area contributed by atoms with E-state index in [2.05, 4.69) is 73.8 Å². The van der Waals surface area contributed by atoms with Crippen LogP contribution in [0.5, 0.6) is 0 Å². The Kier molecular flexibility index (Phi) is 4.53. The van der Waals surface area contributed by atoms with E-state index in [1.54, 1.807) is 0 Å². The summed E-state index contributed by atoms with van der Waals surface area (Å²) in [4.78, 5) is 0. The maximum Gasteiger partial charge on any atom is 0.0536 e. The summed E-state index contributed by atoms with van der Waals surface area (Å²) in [5.41, 5.74) is 5.23. The highest BCUT2D eigenvalue weighted by Gasteiger charge is 2.12. The third kappa shape index (κ3) is 3.33. The first kappa shape index (κ1) is 13.6. The fourth-order valence-electron chi connectivity index (χ4n) is 2.43. The molecule has 19 heavy (non-hydrogen) atoms. The van der Waals surface area contributed by atoms with Crippen molar-refractivity contribution in [1.82, 2.24) is 5.32 Å². The van der Waals surface area contributed by atoms with E-state index in [1.807, 2.05) is 13.1 Å². The molecule has 0 amide bonds. The second-order valence-corrected chi connectivity index (χ2v) is 4.88. The molecule has 0 spiro atoms. The maximum absolute atomic E-state index is 3.41. The molecule has 0 bridgehead atoms. The van der Waals surface area contributed by atoms with Crippen molar-refractivity contribution in [1.29, 1.82) is 0 Å². The summed E-state index contributed by atoms with van der Waals surface area (Å²) in [6.07, 6.45) is 2.24. The molecule has 0 radical (unpaired) electrons. The number of hydrogen-bond acceptors (Lipinski definition) is 1. The van der Waals surface area contributed by atoms with E-state index >= 15 is 0 Å². The Hall–Kier alpha value is -1.86. The molecule has 1 heteroatoms. The van der Waals surface area contributed by atoms with Gasteiger partial charge in [0.1, 0.15) is 0 Å². The smallest absolute Gasteiger partial charge is 0.0536 e. The molecule has 2 aromatic rings. The minimum Gasteiger partial charge on any atom is -0.310 e. The van der Waals surface area contributed by atoms with Gasteiger partial charge in [-0.05, 0) is 37.6 Å². The summed E-state index contributed by atoms with van der Waals surface area (Å²) < 4.78 is 0. The second-order valence-electron chi connectivity index (χ2n) is 4.88. The highest BCUT2D eigenvalue weighted by atomic mass is 14.9. The van der Waals surface area contributed by atoms with Crippen LogP contribution in [0, 0.1) is 6.92 Å². The van der Waals surface area contributed by atoms with Gasteiger partial charge in [0.2, 0.25) is 0 Å². The first-order chi connectivity index (χ1) is 9.22. The van der Waals surface area contributed by atoms with Crippen molar-refractivity contribution in [2.45, 2.75) is 19.9 Å². The molecule has 0 aliphatic rings. The molecule has 0 saturated carbocycles. The number of aryl methyl sites for hydroxylation is 1. The molecule has 1 atom stereocenters. The fraction of sp³-hybridized carbons (Fsp3) is 0.222. The van der Waals surface area contributed by atoms with Crippen LogP contribution in [0.2, 0.25) is 0 Å². The fourth-order valence-corrected chi connectivity index (χ4v) is 2.43. The highest BCUT2D eigenvalue weighted by molar-refractivity contribution is 5.54. The summed E-state index contributed by atoms with van der Waals surface area (Å²) in [6.45, 7) is 4.34. The molecule has 1 N–H and O–H groups in total. The van der Waals surface area contributed by atoms with Crippen molar-refractivity contribution in [3.63, 3.8) is 0 Å². The number of hydrogen-bond donors (Lipinski definition) is 1. The standard InChI is InChI=1S/C18H21N/c1-14-9-7-8-12-17(14)18(19-3)15(2)13-16-10-5-4-6-11-16/h4-13,18-19H,1-3H3/b15-13+. The van der Waals surface area contributed by atoms with Crippen LogP contribution in [0.1, 0.15) is 29.7 Å². The Balaban J connectivity index is 2.33. The number of rotatable bonds is 4. The molecule has 0 aliphatic carbocycles. The van der Waals surface area contributed by atoms with Crippen molar-refractivity contribution in [3.8, 4) is 0 Å². The lowest BCUT2D eigenvalue weighted by Gasteiger charge is -2.20. The van der Waals surface area contributed by atoms with Crippen LogP contribution in [0.4, 0.5) is 0 Å². The first-order valence-corrected chi connectivity index (χ1v) is 6.68. The average Bonchev–Trinajstić information content (AvgIpc) is 2.43. The number of benzene rings is 2. The van der Waals surface area contributed by atoms with E-state index in [9.17, 15) is 0 Å². The van der Waals surface area contributed by atoms with Gasteiger partial charge < -0.3 is 5.32 Å². The van der Waals surface area contributed by atoms with Gasteiger partial charge in [0.25, 0.3) is 0 Å². The summed E-state index contributed by atoms with van der Waals surface area (Å²) >= 11 is 0. The van der Waals surface area contributed by atoms with Gasteiger partial charge in [0.05, 0.1) is 6.04 Å². The molecule has 0 aliphatic heterocycles. The second kappa shape index (κ2) is 6.35. The number of likely N-dealkylation sites (N-methyl/N-ethyl adjacent to an activating group) is 1. The quantitative estimate of drug-likeness (QED) is 0.851. The van der Waals surface area contributed by atoms with Gasteiger partial charge in [-0.3, -0.25) is 0 Å². The third-order valence-electron chi connectivity index (χ3n) is 3.44. The number of nitrogens with one attached hydrogen (secondary N) is 1. The zero-order valence-electron chi connectivity index (χ0n) is 11.9. The Morgan fingerprint density at radius 3 is 2.26 bits per heavy atom. The molecular formula is C18H21N. The minimum absolute atomic E-state index is 0.265. The summed E-state index contributed by atoms with van der Waals surface area (Å²) in [7, 11) is 2.01. The SMILES string of the molecule is CNC(/C(C)=C/c1ccccc1)c1ccccc1C. The average molecular weight is 251 g/mol. The Morgan fingerprint density at radius 1 is 1.00 bits per heavy atom. The third-order valence-corrected chi connectivity index (χ3v) is 3.44. The molecule has 0 aromatic heterocycles. The molecule has 0 fully saturated rings. The van der Waals surface area contributed by atoms with Crippen molar-refractivity contribution < 1.29 is 0 Å². The van der Waals surface area contributed by atoms with Gasteiger partial charge in [-0.2, -0.15) is 0 Å². The molecule has 1 unspecified atom stereocenters. The normalized spacial score (nSPS) is 13.3. The van der Waals surface area contributed by atoms with Crippen molar-refractivity contribution in [2.24, 2.45) is 0 Å². The van der Waals surface area contributed by atoms with E-state index in [0.717, 1.165) is 0 Å². The Bertz CT molecular complexity index is 555. The van der Waals surface area contributed by atoms with Gasteiger partial charge in [-0.1, -0.05) is 66.2 Å². The lowest BCUT2D eigenvalue weighted by atomic mass is 9.94. The molecule has 0 saturated heterocycles. The van der Waals surface area contributed by atoms with Gasteiger partial charge >= 0.3 is 0 Å². The molecule has 2 aromatic carbocycles. The minimum atomic E-state index is 0.265. The lowest BCUT2D eigenvalue weighted by molar-refractivity contribution is 0.677. The summed E-state index contributed by atoms with van der Waals surface area (Å²) in [6, 6.07) is 19.3. The van der Waals surface area contributed by atoms with Crippen molar-refractivity contribution in [2.75, 3.05) is 7.05 Å². The van der Waals surface area contributed by atoms with Crippen molar-refractivity contribution >= 4 is 6.08 Å². The predicted octanol–water partition coefficient (Wildman–Crippen LogP) is 4.36.